The SMILES string of the molecule is CCOc1ccc(C(=O)N2CCCC(n3cc(-c4nc(C)no4)nn3)C2)cc1. The lowest BCUT2D eigenvalue weighted by Gasteiger charge is -2.32. The summed E-state index contributed by atoms with van der Waals surface area (Å²) >= 11 is 0. The highest BCUT2D eigenvalue weighted by Gasteiger charge is 2.27. The molecule has 9 nitrogen and oxygen atoms in total. The number of likely N-dealkylation sites (tertiary alicyclic amines) is 1. The number of carbonyl (C=O) groups is 1. The second-order valence-electron chi connectivity index (χ2n) is 6.74. The molecule has 0 N–H and O–H groups in total. The van der Waals surface area contributed by atoms with Gasteiger partial charge in [-0.25, -0.2) is 4.68 Å². The maximum absolute atomic E-state index is 12.9. The van der Waals surface area contributed by atoms with Crippen LogP contribution in [0.1, 0.15) is 42.0 Å². The fourth-order valence-electron chi connectivity index (χ4n) is 3.35. The summed E-state index contributed by atoms with van der Waals surface area (Å²) < 4.78 is 12.4. The van der Waals surface area contributed by atoms with E-state index in [0.717, 1.165) is 25.1 Å². The summed E-state index contributed by atoms with van der Waals surface area (Å²) in [7, 11) is 0. The average Bonchev–Trinajstić information content (AvgIpc) is 3.37. The van der Waals surface area contributed by atoms with Gasteiger partial charge in [0.25, 0.3) is 11.8 Å². The molecule has 3 aromatic rings. The first-order valence-electron chi connectivity index (χ1n) is 9.38. The number of hydrogen-bond acceptors (Lipinski definition) is 7. The highest BCUT2D eigenvalue weighted by Crippen LogP contribution is 2.24. The van der Waals surface area contributed by atoms with Crippen molar-refractivity contribution in [1.29, 1.82) is 0 Å². The van der Waals surface area contributed by atoms with Crippen LogP contribution in [-0.4, -0.2) is 55.6 Å². The molecule has 4 rings (SSSR count). The summed E-state index contributed by atoms with van der Waals surface area (Å²) in [5, 5.41) is 12.1. The zero-order valence-corrected chi connectivity index (χ0v) is 15.9. The smallest absolute Gasteiger partial charge is 0.280 e. The van der Waals surface area contributed by atoms with E-state index in [2.05, 4.69) is 20.5 Å². The zero-order valence-electron chi connectivity index (χ0n) is 15.9. The first kappa shape index (κ1) is 18.1. The standard InChI is InChI=1S/C19H22N6O3/c1-3-27-16-8-6-14(7-9-16)19(26)24-10-4-5-15(11-24)25-12-17(21-23-25)18-20-13(2)22-28-18/h6-9,12,15H,3-5,10-11H2,1-2H3. The Hall–Kier alpha value is -3.23. The molecule has 0 aliphatic carbocycles. The minimum atomic E-state index is 0.0145. The first-order valence-corrected chi connectivity index (χ1v) is 9.38. The van der Waals surface area contributed by atoms with Crippen molar-refractivity contribution in [2.24, 2.45) is 0 Å². The molecular weight excluding hydrogens is 360 g/mol. The molecule has 1 atom stereocenters. The van der Waals surface area contributed by atoms with Gasteiger partial charge in [-0.3, -0.25) is 4.79 Å². The molecule has 0 bridgehead atoms. The van der Waals surface area contributed by atoms with E-state index in [1.165, 1.54) is 0 Å². The van der Waals surface area contributed by atoms with Crippen LogP contribution in [0.2, 0.25) is 0 Å². The lowest BCUT2D eigenvalue weighted by Crippen LogP contribution is -2.40. The van der Waals surface area contributed by atoms with Crippen molar-refractivity contribution in [2.45, 2.75) is 32.7 Å². The summed E-state index contributed by atoms with van der Waals surface area (Å²) in [6.45, 7) is 5.60. The summed E-state index contributed by atoms with van der Waals surface area (Å²) in [6.07, 6.45) is 3.63. The number of aryl methyl sites for hydroxylation is 1. The molecule has 1 aromatic carbocycles. The monoisotopic (exact) mass is 382 g/mol. The molecule has 1 unspecified atom stereocenters. The number of nitrogens with zero attached hydrogens (tertiary/aromatic N) is 6. The van der Waals surface area contributed by atoms with Crippen molar-refractivity contribution < 1.29 is 14.1 Å². The molecular formula is C19H22N6O3. The highest BCUT2D eigenvalue weighted by molar-refractivity contribution is 5.94. The van der Waals surface area contributed by atoms with E-state index in [1.807, 2.05) is 36.1 Å². The number of rotatable bonds is 5. The van der Waals surface area contributed by atoms with Gasteiger partial charge in [0.2, 0.25) is 0 Å². The van der Waals surface area contributed by atoms with Crippen LogP contribution in [0.25, 0.3) is 11.6 Å². The Morgan fingerprint density at radius 2 is 2.14 bits per heavy atom. The van der Waals surface area contributed by atoms with Crippen LogP contribution in [0.4, 0.5) is 0 Å². The fraction of sp³-hybridized carbons (Fsp3) is 0.421. The van der Waals surface area contributed by atoms with Gasteiger partial charge < -0.3 is 14.2 Å². The molecule has 1 amide bonds. The van der Waals surface area contributed by atoms with Gasteiger partial charge in [0.05, 0.1) is 18.8 Å². The van der Waals surface area contributed by atoms with Crippen molar-refractivity contribution in [3.05, 3.63) is 41.9 Å². The summed E-state index contributed by atoms with van der Waals surface area (Å²) in [5.41, 5.74) is 1.19. The van der Waals surface area contributed by atoms with Gasteiger partial charge in [-0.05, 0) is 51.0 Å². The average molecular weight is 382 g/mol. The molecule has 146 valence electrons. The molecule has 3 heterocycles. The van der Waals surface area contributed by atoms with Gasteiger partial charge in [-0.2, -0.15) is 4.98 Å². The van der Waals surface area contributed by atoms with Crippen LogP contribution in [0.3, 0.4) is 0 Å². The molecule has 1 fully saturated rings. The van der Waals surface area contributed by atoms with Crippen molar-refractivity contribution >= 4 is 5.91 Å². The maximum atomic E-state index is 12.9. The van der Waals surface area contributed by atoms with E-state index >= 15 is 0 Å². The Balaban J connectivity index is 1.45. The third-order valence-corrected chi connectivity index (χ3v) is 4.73. The van der Waals surface area contributed by atoms with Crippen LogP contribution in [0, 0.1) is 6.92 Å². The lowest BCUT2D eigenvalue weighted by molar-refractivity contribution is 0.0672. The van der Waals surface area contributed by atoms with Gasteiger partial charge >= 0.3 is 0 Å². The third-order valence-electron chi connectivity index (χ3n) is 4.73. The van der Waals surface area contributed by atoms with Crippen LogP contribution in [-0.2, 0) is 0 Å². The molecule has 1 aliphatic rings. The first-order chi connectivity index (χ1) is 13.6. The van der Waals surface area contributed by atoms with Crippen molar-refractivity contribution in [1.82, 2.24) is 30.0 Å². The normalized spacial score (nSPS) is 16.9. The molecule has 9 heteroatoms. The summed E-state index contributed by atoms with van der Waals surface area (Å²) in [4.78, 5) is 18.9. The number of benzene rings is 1. The Morgan fingerprint density at radius 1 is 1.32 bits per heavy atom. The van der Waals surface area contributed by atoms with E-state index in [9.17, 15) is 4.79 Å². The Kier molecular flexibility index (Phi) is 5.05. The van der Waals surface area contributed by atoms with E-state index in [4.69, 9.17) is 9.26 Å². The van der Waals surface area contributed by atoms with E-state index < -0.39 is 0 Å². The largest absolute Gasteiger partial charge is 0.494 e. The number of ether oxygens (including phenoxy) is 1. The van der Waals surface area contributed by atoms with Gasteiger partial charge in [0.15, 0.2) is 11.5 Å². The molecule has 0 spiro atoms. The number of hydrogen-bond donors (Lipinski definition) is 0. The molecule has 0 saturated carbocycles. The van der Waals surface area contributed by atoms with Crippen LogP contribution >= 0.6 is 0 Å². The lowest BCUT2D eigenvalue weighted by atomic mass is 10.0. The second kappa shape index (κ2) is 7.79. The van der Waals surface area contributed by atoms with Crippen LogP contribution in [0.5, 0.6) is 5.75 Å². The maximum Gasteiger partial charge on any atom is 0.280 e. The van der Waals surface area contributed by atoms with E-state index in [1.54, 1.807) is 17.8 Å². The predicted octanol–water partition coefficient (Wildman–Crippen LogP) is 2.51. The number of carbonyl (C=O) groups excluding carboxylic acids is 1. The van der Waals surface area contributed by atoms with Gasteiger partial charge in [-0.15, -0.1) is 5.10 Å². The fourth-order valence-corrected chi connectivity index (χ4v) is 3.35. The number of amides is 1. The summed E-state index contributed by atoms with van der Waals surface area (Å²) in [6, 6.07) is 7.33. The van der Waals surface area contributed by atoms with E-state index in [-0.39, 0.29) is 11.9 Å². The molecule has 1 saturated heterocycles. The molecule has 1 aliphatic heterocycles. The Labute approximate surface area is 162 Å². The van der Waals surface area contributed by atoms with Crippen molar-refractivity contribution in [3.8, 4) is 17.3 Å². The molecule has 2 aromatic heterocycles. The van der Waals surface area contributed by atoms with Gasteiger partial charge in [-0.1, -0.05) is 10.4 Å². The highest BCUT2D eigenvalue weighted by atomic mass is 16.5. The minimum absolute atomic E-state index is 0.0145. The van der Waals surface area contributed by atoms with Crippen LogP contribution in [0.15, 0.2) is 35.0 Å². The quantitative estimate of drug-likeness (QED) is 0.668. The minimum Gasteiger partial charge on any atom is -0.494 e. The number of piperidine rings is 1. The molecule has 0 radical (unpaired) electrons. The topological polar surface area (TPSA) is 99.2 Å². The van der Waals surface area contributed by atoms with Crippen molar-refractivity contribution in [3.63, 3.8) is 0 Å². The Morgan fingerprint density at radius 3 is 2.86 bits per heavy atom. The van der Waals surface area contributed by atoms with Gasteiger partial charge in [0, 0.05) is 18.7 Å². The third kappa shape index (κ3) is 3.73. The van der Waals surface area contributed by atoms with Gasteiger partial charge in [0.1, 0.15) is 5.75 Å². The van der Waals surface area contributed by atoms with Crippen LogP contribution < -0.4 is 4.74 Å². The molecule has 28 heavy (non-hydrogen) atoms. The number of aromatic nitrogens is 5. The summed E-state index contributed by atoms with van der Waals surface area (Å²) in [5.74, 6) is 1.68. The van der Waals surface area contributed by atoms with Crippen molar-refractivity contribution in [2.75, 3.05) is 19.7 Å². The predicted molar refractivity (Wildman–Crippen MR) is 99.8 cm³/mol. The zero-order chi connectivity index (χ0) is 19.5. The second-order valence-corrected chi connectivity index (χ2v) is 6.74. The van der Waals surface area contributed by atoms with E-state index in [0.29, 0.717) is 36.1 Å². The Bertz CT molecular complexity index is 949.